The second-order valence-electron chi connectivity index (χ2n) is 1.41. The third kappa shape index (κ3) is 10.8. The zero-order valence-electron chi connectivity index (χ0n) is 6.12. The molecule has 0 aromatic heterocycles. The van der Waals surface area contributed by atoms with Crippen molar-refractivity contribution in [3.8, 4) is 0 Å². The summed E-state index contributed by atoms with van der Waals surface area (Å²) in [7, 11) is 0. The zero-order valence-corrected chi connectivity index (χ0v) is 9.76. The van der Waals surface area contributed by atoms with Crippen molar-refractivity contribution in [2.24, 2.45) is 5.84 Å². The van der Waals surface area contributed by atoms with Crippen LogP contribution in [0.25, 0.3) is 0 Å². The topological polar surface area (TPSA) is 90.2 Å². The summed E-state index contributed by atoms with van der Waals surface area (Å²) in [6, 6.07) is 0. The monoisotopic (exact) mass is 205 g/mol. The van der Waals surface area contributed by atoms with Crippen LogP contribution in [0.5, 0.6) is 0 Å². The fraction of sp³-hybridized carbons (Fsp3) is 0.667. The first-order valence-corrected chi connectivity index (χ1v) is 4.12. The quantitative estimate of drug-likeness (QED) is 0.141. The Kier molecular flexibility index (Phi) is 11.5. The van der Waals surface area contributed by atoms with Gasteiger partial charge in [0.05, 0.1) is 0 Å². The molecule has 0 aliphatic carbocycles. The van der Waals surface area contributed by atoms with Crippen LogP contribution in [0.15, 0.2) is 0 Å². The van der Waals surface area contributed by atoms with Crippen LogP contribution in [0.1, 0.15) is 0 Å². The summed E-state index contributed by atoms with van der Waals surface area (Å²) in [6.07, 6.45) is 0. The van der Waals surface area contributed by atoms with Gasteiger partial charge in [-0.1, -0.05) is 11.1 Å². The van der Waals surface area contributed by atoms with Crippen LogP contribution in [0.3, 0.4) is 0 Å². The molecule has 0 bridgehead atoms. The van der Waals surface area contributed by atoms with E-state index < -0.39 is 11.1 Å². The van der Waals surface area contributed by atoms with E-state index in [9.17, 15) is 8.76 Å². The third-order valence-corrected chi connectivity index (χ3v) is 1.49. The van der Waals surface area contributed by atoms with Gasteiger partial charge < -0.3 is 15.3 Å². The first-order valence-electron chi connectivity index (χ1n) is 2.47. The van der Waals surface area contributed by atoms with E-state index in [0.29, 0.717) is 0 Å². The van der Waals surface area contributed by atoms with Crippen LogP contribution in [-0.2, 0) is 11.1 Å². The van der Waals surface area contributed by atoms with E-state index in [2.05, 4.69) is 23.0 Å². The Labute approximate surface area is 95.0 Å². The Morgan fingerprint density at radius 2 is 2.27 bits per heavy atom. The second-order valence-corrected chi connectivity index (χ2v) is 2.83. The minimum Gasteiger partial charge on any atom is -0.772 e. The predicted octanol–water partition coefficient (Wildman–Crippen LogP) is -4.79. The molecule has 0 fully saturated rings. The molecule has 0 saturated carbocycles. The maximum Gasteiger partial charge on any atom is 1.00 e. The molecule has 60 valence electrons. The fourth-order valence-electron chi connectivity index (χ4n) is 0.299. The molecule has 0 heterocycles. The van der Waals surface area contributed by atoms with Crippen LogP contribution in [0.4, 0.5) is 0 Å². The first-order chi connectivity index (χ1) is 4.66. The second kappa shape index (κ2) is 8.85. The van der Waals surface area contributed by atoms with Gasteiger partial charge in [0.25, 0.3) is 0 Å². The van der Waals surface area contributed by atoms with E-state index in [0.717, 1.165) is 0 Å². The van der Waals surface area contributed by atoms with Crippen LogP contribution in [0.2, 0.25) is 0 Å². The van der Waals surface area contributed by atoms with Gasteiger partial charge in [0, 0.05) is 12.3 Å². The Hall–Kier alpha value is 0.760. The minimum absolute atomic E-state index is 0. The molecule has 0 aromatic carbocycles. The number of nitrogens with one attached hydrogen (secondary N) is 2. The van der Waals surface area contributed by atoms with E-state index in [4.69, 9.17) is 5.84 Å². The summed E-state index contributed by atoms with van der Waals surface area (Å²) in [4.78, 5) is 0. The average Bonchev–Trinajstić information content (AvgIpc) is 1.87. The SMILES string of the molecule is NNC(=S)NCCS(=O)[O-].[Na+]. The van der Waals surface area contributed by atoms with Crippen molar-refractivity contribution in [2.75, 3.05) is 12.3 Å². The summed E-state index contributed by atoms with van der Waals surface area (Å²) in [5.41, 5.74) is 2.16. The molecule has 0 rings (SSSR count). The van der Waals surface area contributed by atoms with Gasteiger partial charge in [-0.15, -0.1) is 0 Å². The van der Waals surface area contributed by atoms with Crippen molar-refractivity contribution in [1.29, 1.82) is 0 Å². The maximum atomic E-state index is 9.93. The molecular weight excluding hydrogens is 197 g/mol. The molecule has 0 aliphatic heterocycles. The van der Waals surface area contributed by atoms with Gasteiger partial charge in [-0.2, -0.15) is 0 Å². The van der Waals surface area contributed by atoms with Crippen molar-refractivity contribution in [3.63, 3.8) is 0 Å². The van der Waals surface area contributed by atoms with E-state index >= 15 is 0 Å². The fourth-order valence-corrected chi connectivity index (χ4v) is 0.670. The van der Waals surface area contributed by atoms with Crippen molar-refractivity contribution in [3.05, 3.63) is 0 Å². The molecule has 5 nitrogen and oxygen atoms in total. The largest absolute Gasteiger partial charge is 1.00 e. The summed E-state index contributed by atoms with van der Waals surface area (Å²) in [6.45, 7) is 0.277. The summed E-state index contributed by atoms with van der Waals surface area (Å²) < 4.78 is 19.9. The van der Waals surface area contributed by atoms with Crippen molar-refractivity contribution < 1.29 is 38.3 Å². The third-order valence-electron chi connectivity index (χ3n) is 0.685. The van der Waals surface area contributed by atoms with Gasteiger partial charge in [-0.05, 0) is 12.2 Å². The Morgan fingerprint density at radius 3 is 2.64 bits per heavy atom. The Morgan fingerprint density at radius 1 is 1.73 bits per heavy atom. The average molecular weight is 205 g/mol. The number of hydrogen-bond acceptors (Lipinski definition) is 4. The molecule has 0 aromatic rings. The molecule has 0 spiro atoms. The molecular formula is C3H8N3NaO2S2. The molecule has 1 unspecified atom stereocenters. The van der Waals surface area contributed by atoms with Crippen LogP contribution in [-0.4, -0.2) is 26.2 Å². The standard InChI is InChI=1S/C3H9N3O2S2.Na/c4-6-3(9)5-1-2-10(7)8;/h1-2,4H2,(H,7,8)(H2,5,6,9);/q;+1/p-1. The summed E-state index contributed by atoms with van der Waals surface area (Å²) >= 11 is 2.53. The normalized spacial score (nSPS) is 11.1. The predicted molar refractivity (Wildman–Crippen MR) is 41.7 cm³/mol. The maximum absolute atomic E-state index is 9.93. The smallest absolute Gasteiger partial charge is 0.772 e. The van der Waals surface area contributed by atoms with E-state index in [1.165, 1.54) is 0 Å². The molecule has 0 aliphatic rings. The number of hydrogen-bond donors (Lipinski definition) is 3. The van der Waals surface area contributed by atoms with E-state index in [1.807, 2.05) is 0 Å². The van der Waals surface area contributed by atoms with Gasteiger partial charge in [0.2, 0.25) is 0 Å². The van der Waals surface area contributed by atoms with Crippen molar-refractivity contribution in [1.82, 2.24) is 10.7 Å². The van der Waals surface area contributed by atoms with Crippen LogP contribution in [0, 0.1) is 0 Å². The van der Waals surface area contributed by atoms with E-state index in [1.54, 1.807) is 0 Å². The molecule has 0 radical (unpaired) electrons. The number of thiocarbonyl (C=S) groups is 1. The van der Waals surface area contributed by atoms with Gasteiger partial charge in [0.1, 0.15) is 0 Å². The van der Waals surface area contributed by atoms with Gasteiger partial charge in [0.15, 0.2) is 5.11 Å². The van der Waals surface area contributed by atoms with E-state index in [-0.39, 0.29) is 47.0 Å². The minimum atomic E-state index is -2.02. The Bertz CT molecular complexity index is 145. The van der Waals surface area contributed by atoms with Gasteiger partial charge >= 0.3 is 29.6 Å². The number of nitrogens with two attached hydrogens (primary N) is 1. The molecule has 1 atom stereocenters. The van der Waals surface area contributed by atoms with Crippen LogP contribution >= 0.6 is 12.2 Å². The summed E-state index contributed by atoms with van der Waals surface area (Å²) in [5, 5.41) is 2.81. The van der Waals surface area contributed by atoms with Crippen molar-refractivity contribution in [2.45, 2.75) is 0 Å². The van der Waals surface area contributed by atoms with Crippen molar-refractivity contribution >= 4 is 28.4 Å². The molecule has 4 N–H and O–H groups in total. The molecule has 0 amide bonds. The molecule has 8 heteroatoms. The van der Waals surface area contributed by atoms with Gasteiger partial charge in [-0.3, -0.25) is 4.21 Å². The zero-order chi connectivity index (χ0) is 7.98. The number of rotatable bonds is 3. The summed E-state index contributed by atoms with van der Waals surface area (Å²) in [5.74, 6) is 4.91. The van der Waals surface area contributed by atoms with Gasteiger partial charge in [-0.25, -0.2) is 5.84 Å². The number of hydrazine groups is 1. The first kappa shape index (κ1) is 14.3. The van der Waals surface area contributed by atoms with Crippen LogP contribution < -0.4 is 46.1 Å². The molecule has 0 saturated heterocycles. The molecule has 11 heavy (non-hydrogen) atoms. The Balaban J connectivity index is 0.